The standard InChI is InChI=1S/C7H13NO4/c9-4-6-11-7(10)8-3-1-2-5-12-8/h9H,1-6H2. The van der Waals surface area contributed by atoms with Crippen LogP contribution in [-0.2, 0) is 9.57 Å². The number of aliphatic hydroxyl groups is 1. The van der Waals surface area contributed by atoms with Gasteiger partial charge in [0.05, 0.1) is 19.8 Å². The van der Waals surface area contributed by atoms with E-state index in [0.717, 1.165) is 12.8 Å². The Kier molecular flexibility index (Phi) is 3.83. The molecule has 0 bridgehead atoms. The molecule has 1 aliphatic heterocycles. The molecule has 70 valence electrons. The highest BCUT2D eigenvalue weighted by Crippen LogP contribution is 2.06. The summed E-state index contributed by atoms with van der Waals surface area (Å²) in [6.07, 6.45) is 1.40. The summed E-state index contributed by atoms with van der Waals surface area (Å²) < 4.78 is 4.64. The first-order valence-electron chi connectivity index (χ1n) is 4.02. The first kappa shape index (κ1) is 9.28. The zero-order valence-corrected chi connectivity index (χ0v) is 6.86. The third-order valence-electron chi connectivity index (χ3n) is 1.52. The number of hydrogen-bond acceptors (Lipinski definition) is 4. The molecule has 0 radical (unpaired) electrons. The maximum atomic E-state index is 11.0. The number of amides is 1. The Morgan fingerprint density at radius 1 is 1.58 bits per heavy atom. The van der Waals surface area contributed by atoms with Crippen LogP contribution in [0.1, 0.15) is 12.8 Å². The lowest BCUT2D eigenvalue weighted by atomic mass is 10.3. The third kappa shape index (κ3) is 2.67. The van der Waals surface area contributed by atoms with E-state index in [1.807, 2.05) is 0 Å². The van der Waals surface area contributed by atoms with Crippen LogP contribution >= 0.6 is 0 Å². The number of hydrogen-bond donors (Lipinski definition) is 1. The van der Waals surface area contributed by atoms with E-state index in [-0.39, 0.29) is 13.2 Å². The molecule has 1 rings (SSSR count). The van der Waals surface area contributed by atoms with Gasteiger partial charge in [-0.15, -0.1) is 0 Å². The quantitative estimate of drug-likeness (QED) is 0.648. The number of nitrogens with zero attached hydrogens (tertiary/aromatic N) is 1. The lowest BCUT2D eigenvalue weighted by molar-refractivity contribution is -0.157. The monoisotopic (exact) mass is 175 g/mol. The molecule has 1 fully saturated rings. The van der Waals surface area contributed by atoms with Crippen molar-refractivity contribution in [1.82, 2.24) is 5.06 Å². The van der Waals surface area contributed by atoms with Gasteiger partial charge in [0, 0.05) is 0 Å². The predicted octanol–water partition coefficient (Wildman–Crippen LogP) is 0.143. The molecule has 1 heterocycles. The molecule has 1 aliphatic rings. The van der Waals surface area contributed by atoms with Crippen LogP contribution in [0.4, 0.5) is 4.79 Å². The molecule has 5 nitrogen and oxygen atoms in total. The lowest BCUT2D eigenvalue weighted by Gasteiger charge is -2.24. The van der Waals surface area contributed by atoms with Crippen molar-refractivity contribution in [2.45, 2.75) is 12.8 Å². The van der Waals surface area contributed by atoms with Crippen molar-refractivity contribution >= 4 is 6.09 Å². The topological polar surface area (TPSA) is 59.0 Å². The van der Waals surface area contributed by atoms with E-state index in [9.17, 15) is 4.79 Å². The molecule has 0 spiro atoms. The molecule has 12 heavy (non-hydrogen) atoms. The van der Waals surface area contributed by atoms with Crippen molar-refractivity contribution in [3.8, 4) is 0 Å². The molecule has 1 amide bonds. The van der Waals surface area contributed by atoms with E-state index >= 15 is 0 Å². The number of carbonyl (C=O) groups is 1. The lowest BCUT2D eigenvalue weighted by Crippen LogP contribution is -2.36. The summed E-state index contributed by atoms with van der Waals surface area (Å²) in [6, 6.07) is 0. The highest BCUT2D eigenvalue weighted by molar-refractivity contribution is 5.66. The van der Waals surface area contributed by atoms with E-state index in [1.165, 1.54) is 5.06 Å². The van der Waals surface area contributed by atoms with Gasteiger partial charge in [0.2, 0.25) is 0 Å². The average Bonchev–Trinajstić information content (AvgIpc) is 2.15. The summed E-state index contributed by atoms with van der Waals surface area (Å²) in [7, 11) is 0. The Morgan fingerprint density at radius 3 is 3.00 bits per heavy atom. The Balaban J connectivity index is 2.20. The van der Waals surface area contributed by atoms with E-state index in [1.54, 1.807) is 0 Å². The minimum atomic E-state index is -0.510. The molecule has 0 unspecified atom stereocenters. The fraction of sp³-hybridized carbons (Fsp3) is 0.857. The molecule has 1 N–H and O–H groups in total. The van der Waals surface area contributed by atoms with E-state index < -0.39 is 6.09 Å². The second-order valence-electron chi connectivity index (χ2n) is 2.48. The average molecular weight is 175 g/mol. The normalized spacial score (nSPS) is 17.6. The Hall–Kier alpha value is -0.810. The van der Waals surface area contributed by atoms with E-state index in [4.69, 9.17) is 9.94 Å². The molecule has 0 atom stereocenters. The molecule has 1 saturated heterocycles. The molecule has 5 heteroatoms. The fourth-order valence-electron chi connectivity index (χ4n) is 0.946. The van der Waals surface area contributed by atoms with Crippen LogP contribution in [0.5, 0.6) is 0 Å². The number of hydroxylamine groups is 2. The summed E-state index contributed by atoms with van der Waals surface area (Å²) >= 11 is 0. The summed E-state index contributed by atoms with van der Waals surface area (Å²) in [6.45, 7) is 1.01. The van der Waals surface area contributed by atoms with Gasteiger partial charge in [0.15, 0.2) is 0 Å². The van der Waals surface area contributed by atoms with Crippen LogP contribution in [0.3, 0.4) is 0 Å². The smallest absolute Gasteiger partial charge is 0.434 e. The molecule has 0 aromatic carbocycles. The molecular weight excluding hydrogens is 162 g/mol. The summed E-state index contributed by atoms with van der Waals surface area (Å²) in [5, 5.41) is 9.57. The maximum Gasteiger partial charge on any atom is 0.434 e. The number of carbonyl (C=O) groups excluding carboxylic acids is 1. The Morgan fingerprint density at radius 2 is 2.42 bits per heavy atom. The van der Waals surface area contributed by atoms with Gasteiger partial charge in [-0.05, 0) is 12.8 Å². The molecule has 0 aliphatic carbocycles. The van der Waals surface area contributed by atoms with Crippen LogP contribution < -0.4 is 0 Å². The second kappa shape index (κ2) is 4.95. The zero-order valence-electron chi connectivity index (χ0n) is 6.86. The Bertz CT molecular complexity index is 144. The van der Waals surface area contributed by atoms with E-state index in [2.05, 4.69) is 4.74 Å². The molecule has 0 aromatic rings. The molecular formula is C7H13NO4. The highest BCUT2D eigenvalue weighted by Gasteiger charge is 2.18. The number of ether oxygens (including phenoxy) is 1. The number of rotatable bonds is 2. The third-order valence-corrected chi connectivity index (χ3v) is 1.52. The van der Waals surface area contributed by atoms with Crippen LogP contribution in [-0.4, -0.2) is 42.6 Å². The highest BCUT2D eigenvalue weighted by atomic mass is 16.7. The maximum absolute atomic E-state index is 11.0. The predicted molar refractivity (Wildman–Crippen MR) is 40.3 cm³/mol. The van der Waals surface area contributed by atoms with Gasteiger partial charge in [0.1, 0.15) is 6.61 Å². The Labute approximate surface area is 70.8 Å². The first-order chi connectivity index (χ1) is 5.84. The van der Waals surface area contributed by atoms with Gasteiger partial charge in [-0.25, -0.2) is 4.79 Å². The summed E-state index contributed by atoms with van der Waals surface area (Å²) in [4.78, 5) is 16.0. The van der Waals surface area contributed by atoms with Gasteiger partial charge in [-0.1, -0.05) is 0 Å². The van der Waals surface area contributed by atoms with Crippen molar-refractivity contribution in [1.29, 1.82) is 0 Å². The molecule has 0 aromatic heterocycles. The second-order valence-corrected chi connectivity index (χ2v) is 2.48. The summed E-state index contributed by atoms with van der Waals surface area (Å²) in [5.41, 5.74) is 0. The van der Waals surface area contributed by atoms with Gasteiger partial charge in [0.25, 0.3) is 0 Å². The van der Waals surface area contributed by atoms with Crippen molar-refractivity contribution < 1.29 is 19.5 Å². The molecule has 0 saturated carbocycles. The largest absolute Gasteiger partial charge is 0.445 e. The number of aliphatic hydroxyl groups excluding tert-OH is 1. The minimum Gasteiger partial charge on any atom is -0.445 e. The van der Waals surface area contributed by atoms with Crippen molar-refractivity contribution in [3.05, 3.63) is 0 Å². The SMILES string of the molecule is O=C(OCCO)N1CCCCO1. The van der Waals surface area contributed by atoms with Crippen LogP contribution in [0, 0.1) is 0 Å². The van der Waals surface area contributed by atoms with Crippen molar-refractivity contribution in [3.63, 3.8) is 0 Å². The van der Waals surface area contributed by atoms with Gasteiger partial charge in [-0.2, -0.15) is 5.06 Å². The van der Waals surface area contributed by atoms with E-state index in [0.29, 0.717) is 13.2 Å². The summed E-state index contributed by atoms with van der Waals surface area (Å²) in [5.74, 6) is 0. The zero-order chi connectivity index (χ0) is 8.81. The fourth-order valence-corrected chi connectivity index (χ4v) is 0.946. The first-order valence-corrected chi connectivity index (χ1v) is 4.02. The van der Waals surface area contributed by atoms with Crippen molar-refractivity contribution in [2.24, 2.45) is 0 Å². The van der Waals surface area contributed by atoms with Crippen LogP contribution in [0.25, 0.3) is 0 Å². The minimum absolute atomic E-state index is 0.0265. The van der Waals surface area contributed by atoms with Crippen molar-refractivity contribution in [2.75, 3.05) is 26.4 Å². The van der Waals surface area contributed by atoms with Gasteiger partial charge >= 0.3 is 6.09 Å². The van der Waals surface area contributed by atoms with Crippen LogP contribution in [0.2, 0.25) is 0 Å². The van der Waals surface area contributed by atoms with Crippen LogP contribution in [0.15, 0.2) is 0 Å². The van der Waals surface area contributed by atoms with Gasteiger partial charge < -0.3 is 9.84 Å². The van der Waals surface area contributed by atoms with Gasteiger partial charge in [-0.3, -0.25) is 4.84 Å².